The van der Waals surface area contributed by atoms with Crippen molar-refractivity contribution in [3.63, 3.8) is 0 Å². The maximum absolute atomic E-state index is 13.5. The van der Waals surface area contributed by atoms with Gasteiger partial charge in [0, 0.05) is 0 Å². The topological polar surface area (TPSA) is 114 Å². The molecule has 1 aliphatic rings. The van der Waals surface area contributed by atoms with Crippen LogP contribution in [0.4, 0.5) is 0 Å². The number of hydrogen-bond donors (Lipinski definition) is 1. The van der Waals surface area contributed by atoms with Gasteiger partial charge in [-0.05, 0) is 52.6 Å². The second kappa shape index (κ2) is 12.6. The monoisotopic (exact) mass is 594 g/mol. The van der Waals surface area contributed by atoms with Crippen LogP contribution < -0.4 is 30.0 Å². The molecule has 2 N–H and O–H groups in total. The van der Waals surface area contributed by atoms with Crippen LogP contribution in [-0.2, 0) is 13.2 Å². The molecule has 0 aliphatic carbocycles. The predicted octanol–water partition coefficient (Wildman–Crippen LogP) is 5.02. The Bertz CT molecular complexity index is 2100. The van der Waals surface area contributed by atoms with Gasteiger partial charge in [0.05, 0.1) is 33.7 Å². The molecule has 0 spiro atoms. The maximum atomic E-state index is 13.5. The van der Waals surface area contributed by atoms with Crippen LogP contribution in [0.1, 0.15) is 28.2 Å². The van der Waals surface area contributed by atoms with Crippen LogP contribution in [0.5, 0.6) is 11.5 Å². The Hall–Kier alpha value is -5.83. The average molecular weight is 595 g/mol. The fourth-order valence-electron chi connectivity index (χ4n) is 5.03. The minimum atomic E-state index is -0.708. The van der Waals surface area contributed by atoms with E-state index < -0.39 is 5.92 Å². The number of nitriles is 2. The summed E-state index contributed by atoms with van der Waals surface area (Å²) in [5.41, 5.74) is 10.1. The van der Waals surface area contributed by atoms with Crippen molar-refractivity contribution in [2.45, 2.75) is 19.1 Å². The molecule has 8 heteroatoms. The van der Waals surface area contributed by atoms with Crippen molar-refractivity contribution < 1.29 is 9.47 Å². The molecule has 6 rings (SSSR count). The van der Waals surface area contributed by atoms with Crippen LogP contribution in [0.3, 0.4) is 0 Å². The van der Waals surface area contributed by atoms with Crippen molar-refractivity contribution in [2.75, 3.05) is 0 Å². The fourth-order valence-corrected chi connectivity index (χ4v) is 6.16. The third-order valence-corrected chi connectivity index (χ3v) is 8.39. The molecule has 0 fully saturated rings. The van der Waals surface area contributed by atoms with Gasteiger partial charge in [-0.15, -0.1) is 11.3 Å². The molecule has 4 aromatic carbocycles. The van der Waals surface area contributed by atoms with Crippen LogP contribution in [-0.4, -0.2) is 4.57 Å². The fraction of sp³-hybridized carbons (Fsp3) is 0.0833. The van der Waals surface area contributed by atoms with Gasteiger partial charge < -0.3 is 15.2 Å². The van der Waals surface area contributed by atoms with Gasteiger partial charge in [0.15, 0.2) is 0 Å². The lowest BCUT2D eigenvalue weighted by Crippen LogP contribution is -2.38. The third-order valence-electron chi connectivity index (χ3n) is 7.28. The van der Waals surface area contributed by atoms with Gasteiger partial charge in [-0.1, -0.05) is 84.9 Å². The van der Waals surface area contributed by atoms with Crippen molar-refractivity contribution in [3.05, 3.63) is 157 Å². The Morgan fingerprint density at radius 3 is 1.80 bits per heavy atom. The summed E-state index contributed by atoms with van der Waals surface area (Å²) in [5, 5.41) is 20.4. The van der Waals surface area contributed by atoms with E-state index in [9.17, 15) is 15.3 Å². The van der Waals surface area contributed by atoms with E-state index in [4.69, 9.17) is 15.2 Å². The smallest absolute Gasteiger partial charge is 0.274 e. The molecule has 0 bridgehead atoms. The first-order chi connectivity index (χ1) is 21.6. The second-order valence-electron chi connectivity index (χ2n) is 10.1. The summed E-state index contributed by atoms with van der Waals surface area (Å²) >= 11 is 1.18. The third kappa shape index (κ3) is 5.76. The van der Waals surface area contributed by atoms with E-state index in [1.54, 1.807) is 18.2 Å². The highest BCUT2D eigenvalue weighted by Gasteiger charge is 2.32. The zero-order chi connectivity index (χ0) is 30.5. The van der Waals surface area contributed by atoms with E-state index >= 15 is 0 Å². The molecule has 0 saturated heterocycles. The quantitative estimate of drug-likeness (QED) is 0.270. The highest BCUT2D eigenvalue weighted by molar-refractivity contribution is 7.07. The van der Waals surface area contributed by atoms with E-state index in [1.807, 2.05) is 97.1 Å². The number of allylic oxidation sites excluding steroid dienone is 1. The molecule has 7 nitrogen and oxygen atoms in total. The van der Waals surface area contributed by atoms with E-state index in [2.05, 4.69) is 12.1 Å². The van der Waals surface area contributed by atoms with Gasteiger partial charge in [-0.2, -0.15) is 10.5 Å². The SMILES string of the molecule is N#CC1=C(N)n2c(s/c(=C/c3ccc(OCc4ccccc4)cc3)c2=O)=C(C#N)[C@@H]1c1ccc(OCc2ccccc2)cc1. The van der Waals surface area contributed by atoms with Crippen molar-refractivity contribution in [3.8, 4) is 23.6 Å². The zero-order valence-corrected chi connectivity index (χ0v) is 24.3. The first kappa shape index (κ1) is 28.3. The highest BCUT2D eigenvalue weighted by Crippen LogP contribution is 2.36. The number of thiazole rings is 1. The van der Waals surface area contributed by atoms with Crippen LogP contribution >= 0.6 is 11.3 Å². The second-order valence-corrected chi connectivity index (χ2v) is 11.1. The average Bonchev–Trinajstić information content (AvgIpc) is 3.40. The van der Waals surface area contributed by atoms with Crippen molar-refractivity contribution in [2.24, 2.45) is 5.73 Å². The number of nitrogens with two attached hydrogens (primary N) is 1. The molecule has 1 atom stereocenters. The number of nitrogens with zero attached hydrogens (tertiary/aromatic N) is 3. The van der Waals surface area contributed by atoms with Crippen LogP contribution in [0.2, 0.25) is 0 Å². The highest BCUT2D eigenvalue weighted by atomic mass is 32.1. The van der Waals surface area contributed by atoms with E-state index in [0.29, 0.717) is 45.0 Å². The Kier molecular flexibility index (Phi) is 8.09. The minimum absolute atomic E-state index is 0.0291. The summed E-state index contributed by atoms with van der Waals surface area (Å²) < 4.78 is 13.9. The van der Waals surface area contributed by atoms with E-state index in [1.165, 1.54) is 15.9 Å². The Morgan fingerprint density at radius 1 is 0.750 bits per heavy atom. The van der Waals surface area contributed by atoms with E-state index in [-0.39, 0.29) is 17.0 Å². The number of ether oxygens (including phenoxy) is 2. The molecular weight excluding hydrogens is 568 g/mol. The van der Waals surface area contributed by atoms with Gasteiger partial charge in [0.1, 0.15) is 35.2 Å². The lowest BCUT2D eigenvalue weighted by atomic mass is 9.84. The summed E-state index contributed by atoms with van der Waals surface area (Å²) in [7, 11) is 0. The van der Waals surface area contributed by atoms with Crippen LogP contribution in [0.15, 0.2) is 120 Å². The van der Waals surface area contributed by atoms with Crippen LogP contribution in [0, 0.1) is 22.7 Å². The Labute approximate surface area is 257 Å². The summed E-state index contributed by atoms with van der Waals surface area (Å²) in [6, 6.07) is 38.8. The number of fused-ring (bicyclic) bond motifs is 1. The first-order valence-corrected chi connectivity index (χ1v) is 14.7. The van der Waals surface area contributed by atoms with Gasteiger partial charge in [0.2, 0.25) is 0 Å². The van der Waals surface area contributed by atoms with E-state index in [0.717, 1.165) is 16.7 Å². The van der Waals surface area contributed by atoms with Crippen LogP contribution in [0.25, 0.3) is 17.5 Å². The number of rotatable bonds is 8. The summed E-state index contributed by atoms with van der Waals surface area (Å²) in [6.07, 6.45) is 1.75. The number of hydrogen-bond acceptors (Lipinski definition) is 7. The van der Waals surface area contributed by atoms with Gasteiger partial charge in [-0.25, -0.2) is 0 Å². The molecule has 0 amide bonds. The normalized spacial score (nSPS) is 14.5. The van der Waals surface area contributed by atoms with Gasteiger partial charge in [0.25, 0.3) is 5.56 Å². The largest absolute Gasteiger partial charge is 0.489 e. The van der Waals surface area contributed by atoms with Crippen molar-refractivity contribution in [1.82, 2.24) is 4.57 Å². The summed E-state index contributed by atoms with van der Waals surface area (Å²) in [6.45, 7) is 0.868. The Morgan fingerprint density at radius 2 is 1.27 bits per heavy atom. The van der Waals surface area contributed by atoms with Gasteiger partial charge in [-0.3, -0.25) is 9.36 Å². The Balaban J connectivity index is 1.30. The lowest BCUT2D eigenvalue weighted by Gasteiger charge is -2.22. The number of aromatic nitrogens is 1. The van der Waals surface area contributed by atoms with Crippen molar-refractivity contribution in [1.29, 1.82) is 10.5 Å². The van der Waals surface area contributed by atoms with Crippen molar-refractivity contribution >= 4 is 28.8 Å². The lowest BCUT2D eigenvalue weighted by molar-refractivity contribution is 0.306. The molecule has 2 heterocycles. The molecule has 1 aromatic heterocycles. The summed E-state index contributed by atoms with van der Waals surface area (Å²) in [4.78, 5) is 13.5. The molecule has 44 heavy (non-hydrogen) atoms. The molecule has 214 valence electrons. The standard InChI is InChI=1S/C36H26N4O3S/c37-20-30-33(27-13-17-29(18-14-27)43-23-26-9-5-2-6-10-26)31(21-38)36-40(34(30)39)35(41)32(44-36)19-24-11-15-28(16-12-24)42-22-25-7-3-1-4-8-25/h1-19,33H,22-23,39H2/b32-19+/t33-/m1/s1. The zero-order valence-electron chi connectivity index (χ0n) is 23.5. The number of benzene rings is 4. The molecule has 0 radical (unpaired) electrons. The molecule has 5 aromatic rings. The van der Waals surface area contributed by atoms with Gasteiger partial charge >= 0.3 is 0 Å². The minimum Gasteiger partial charge on any atom is -0.489 e. The molecule has 0 saturated carbocycles. The maximum Gasteiger partial charge on any atom is 0.274 e. The summed E-state index contributed by atoms with van der Waals surface area (Å²) in [5.74, 6) is 0.684. The predicted molar refractivity (Wildman–Crippen MR) is 171 cm³/mol. The molecular formula is C36H26N4O3S. The molecule has 0 unspecified atom stereocenters. The molecule has 1 aliphatic heterocycles. The first-order valence-electron chi connectivity index (χ1n) is 13.9.